The van der Waals surface area contributed by atoms with Crippen molar-refractivity contribution in [1.29, 1.82) is 0 Å². The van der Waals surface area contributed by atoms with Crippen LogP contribution in [0.3, 0.4) is 0 Å². The quantitative estimate of drug-likeness (QED) is 0.387. The lowest BCUT2D eigenvalue weighted by Gasteiger charge is -2.23. The van der Waals surface area contributed by atoms with Crippen LogP contribution in [0.1, 0.15) is 6.42 Å². The third kappa shape index (κ3) is 5.53. The zero-order chi connectivity index (χ0) is 13.6. The molecular weight excluding hydrogens is 387 g/mol. The van der Waals surface area contributed by atoms with Gasteiger partial charge in [-0.3, -0.25) is 4.99 Å². The third-order valence-corrected chi connectivity index (χ3v) is 4.45. The van der Waals surface area contributed by atoms with E-state index in [9.17, 15) is 5.11 Å². The van der Waals surface area contributed by atoms with E-state index in [-0.39, 0.29) is 24.0 Å². The Bertz CT molecular complexity index is 405. The fraction of sp³-hybridized carbons (Fsp3) is 0.615. The molecule has 0 spiro atoms. The standard InChI is InChI=1S/C13H22N4OS.HI/c1-14-12(15-5-8-17-6-2-3-7-17)16-10-13(18)4-9-19-11-13;/h2-3,6-7,18H,4-5,8-11H2,1H3,(H2,14,15,16);1H. The number of halogens is 1. The SMILES string of the molecule is CN=C(NCCn1cccc1)NCC1(O)CCSC1.I. The van der Waals surface area contributed by atoms with Crippen molar-refractivity contribution in [2.45, 2.75) is 18.6 Å². The first-order valence-corrected chi connectivity index (χ1v) is 7.73. The number of hydrogen-bond acceptors (Lipinski definition) is 3. The Hall–Kier alpha value is -0.410. The summed E-state index contributed by atoms with van der Waals surface area (Å²) in [6.07, 6.45) is 4.93. The first kappa shape index (κ1) is 17.6. The molecule has 1 atom stereocenters. The topological polar surface area (TPSA) is 61.6 Å². The van der Waals surface area contributed by atoms with E-state index in [1.54, 1.807) is 18.8 Å². The summed E-state index contributed by atoms with van der Waals surface area (Å²) >= 11 is 1.80. The highest BCUT2D eigenvalue weighted by molar-refractivity contribution is 14.0. The Morgan fingerprint density at radius 2 is 2.15 bits per heavy atom. The van der Waals surface area contributed by atoms with Crippen LogP contribution in [0.5, 0.6) is 0 Å². The molecule has 0 aromatic carbocycles. The second-order valence-corrected chi connectivity index (χ2v) is 5.91. The average molecular weight is 410 g/mol. The van der Waals surface area contributed by atoms with Gasteiger partial charge < -0.3 is 20.3 Å². The van der Waals surface area contributed by atoms with Gasteiger partial charge in [-0.2, -0.15) is 11.8 Å². The number of nitrogens with zero attached hydrogens (tertiary/aromatic N) is 2. The maximum Gasteiger partial charge on any atom is 0.191 e. The van der Waals surface area contributed by atoms with Crippen LogP contribution in [-0.2, 0) is 6.54 Å². The zero-order valence-corrected chi connectivity index (χ0v) is 14.9. The summed E-state index contributed by atoms with van der Waals surface area (Å²) in [5.74, 6) is 2.59. The number of nitrogens with one attached hydrogen (secondary N) is 2. The van der Waals surface area contributed by atoms with Gasteiger partial charge in [0.05, 0.1) is 5.60 Å². The van der Waals surface area contributed by atoms with Crippen molar-refractivity contribution in [2.24, 2.45) is 4.99 Å². The molecule has 114 valence electrons. The Morgan fingerprint density at radius 1 is 1.40 bits per heavy atom. The maximum atomic E-state index is 10.2. The number of hydrogen-bond donors (Lipinski definition) is 3. The van der Waals surface area contributed by atoms with E-state index in [2.05, 4.69) is 20.2 Å². The molecule has 1 fully saturated rings. The summed E-state index contributed by atoms with van der Waals surface area (Å²) in [5.41, 5.74) is -0.581. The van der Waals surface area contributed by atoms with Crippen molar-refractivity contribution in [1.82, 2.24) is 15.2 Å². The Kier molecular flexibility index (Phi) is 7.75. The largest absolute Gasteiger partial charge is 0.387 e. The van der Waals surface area contributed by atoms with Gasteiger partial charge in [-0.1, -0.05) is 0 Å². The summed E-state index contributed by atoms with van der Waals surface area (Å²) < 4.78 is 2.11. The van der Waals surface area contributed by atoms with Crippen molar-refractivity contribution in [3.63, 3.8) is 0 Å². The van der Waals surface area contributed by atoms with Crippen LogP contribution in [0.2, 0.25) is 0 Å². The molecule has 1 aromatic rings. The van der Waals surface area contributed by atoms with Gasteiger partial charge in [0.25, 0.3) is 0 Å². The van der Waals surface area contributed by atoms with Crippen LogP contribution >= 0.6 is 35.7 Å². The van der Waals surface area contributed by atoms with E-state index in [4.69, 9.17) is 0 Å². The minimum atomic E-state index is -0.581. The first-order chi connectivity index (χ1) is 9.22. The summed E-state index contributed by atoms with van der Waals surface area (Å²) in [6.45, 7) is 2.26. The van der Waals surface area contributed by atoms with Crippen LogP contribution in [0.15, 0.2) is 29.5 Å². The van der Waals surface area contributed by atoms with E-state index in [0.29, 0.717) is 6.54 Å². The number of thioether (sulfide) groups is 1. The van der Waals surface area contributed by atoms with E-state index < -0.39 is 5.60 Å². The fourth-order valence-electron chi connectivity index (χ4n) is 2.03. The van der Waals surface area contributed by atoms with Gasteiger partial charge >= 0.3 is 0 Å². The van der Waals surface area contributed by atoms with Gasteiger partial charge in [0, 0.05) is 44.8 Å². The molecule has 20 heavy (non-hydrogen) atoms. The van der Waals surface area contributed by atoms with E-state index in [1.807, 2.05) is 24.5 Å². The van der Waals surface area contributed by atoms with Gasteiger partial charge in [0.15, 0.2) is 5.96 Å². The predicted octanol–water partition coefficient (Wildman–Crippen LogP) is 1.14. The lowest BCUT2D eigenvalue weighted by atomic mass is 10.0. The van der Waals surface area contributed by atoms with Crippen LogP contribution in [0.4, 0.5) is 0 Å². The molecule has 0 bridgehead atoms. The molecule has 0 saturated carbocycles. The van der Waals surface area contributed by atoms with E-state index in [1.165, 1.54) is 0 Å². The Balaban J connectivity index is 0.00000200. The van der Waals surface area contributed by atoms with Gasteiger partial charge in [0.2, 0.25) is 0 Å². The molecule has 1 saturated heterocycles. The van der Waals surface area contributed by atoms with Gasteiger partial charge in [-0.25, -0.2) is 0 Å². The Labute approximate surface area is 141 Å². The van der Waals surface area contributed by atoms with Crippen molar-refractivity contribution in [3.05, 3.63) is 24.5 Å². The molecule has 1 unspecified atom stereocenters. The summed E-state index contributed by atoms with van der Waals surface area (Å²) in [6, 6.07) is 4.03. The van der Waals surface area contributed by atoms with E-state index in [0.717, 1.165) is 37.0 Å². The molecule has 3 N–H and O–H groups in total. The van der Waals surface area contributed by atoms with Crippen molar-refractivity contribution < 1.29 is 5.11 Å². The lowest BCUT2D eigenvalue weighted by molar-refractivity contribution is 0.0724. The highest BCUT2D eigenvalue weighted by atomic mass is 127. The summed E-state index contributed by atoms with van der Waals surface area (Å²) in [4.78, 5) is 4.17. The van der Waals surface area contributed by atoms with Crippen LogP contribution in [0.25, 0.3) is 0 Å². The zero-order valence-electron chi connectivity index (χ0n) is 11.7. The number of guanidine groups is 1. The van der Waals surface area contributed by atoms with E-state index >= 15 is 0 Å². The molecular formula is C13H23IN4OS. The monoisotopic (exact) mass is 410 g/mol. The summed E-state index contributed by atoms with van der Waals surface area (Å²) in [7, 11) is 1.75. The average Bonchev–Trinajstić information content (AvgIpc) is 3.06. The Morgan fingerprint density at radius 3 is 2.75 bits per heavy atom. The van der Waals surface area contributed by atoms with Crippen molar-refractivity contribution in [2.75, 3.05) is 31.6 Å². The van der Waals surface area contributed by atoms with Gasteiger partial charge in [-0.15, -0.1) is 24.0 Å². The second-order valence-electron chi connectivity index (χ2n) is 4.80. The predicted molar refractivity (Wildman–Crippen MR) is 96.1 cm³/mol. The normalized spacial score (nSPS) is 22.4. The number of aromatic nitrogens is 1. The van der Waals surface area contributed by atoms with Crippen LogP contribution < -0.4 is 10.6 Å². The van der Waals surface area contributed by atoms with Crippen LogP contribution in [-0.4, -0.2) is 52.9 Å². The molecule has 2 heterocycles. The van der Waals surface area contributed by atoms with Gasteiger partial charge in [0.1, 0.15) is 0 Å². The van der Waals surface area contributed by atoms with Crippen LogP contribution in [0, 0.1) is 0 Å². The molecule has 0 radical (unpaired) electrons. The number of rotatable bonds is 5. The highest BCUT2D eigenvalue weighted by Gasteiger charge is 2.31. The molecule has 1 aromatic heterocycles. The smallest absolute Gasteiger partial charge is 0.191 e. The molecule has 5 nitrogen and oxygen atoms in total. The maximum absolute atomic E-state index is 10.2. The number of aliphatic imine (C=N–C) groups is 1. The molecule has 0 amide bonds. The molecule has 0 aliphatic carbocycles. The van der Waals surface area contributed by atoms with Gasteiger partial charge in [-0.05, 0) is 24.3 Å². The molecule has 1 aliphatic rings. The fourth-order valence-corrected chi connectivity index (χ4v) is 3.32. The minimum absolute atomic E-state index is 0. The van der Waals surface area contributed by atoms with Crippen molar-refractivity contribution >= 4 is 41.7 Å². The second kappa shape index (κ2) is 8.78. The highest BCUT2D eigenvalue weighted by Crippen LogP contribution is 2.26. The minimum Gasteiger partial charge on any atom is -0.387 e. The lowest BCUT2D eigenvalue weighted by Crippen LogP contribution is -2.47. The molecule has 2 rings (SSSR count). The number of aliphatic hydroxyl groups is 1. The summed E-state index contributed by atoms with van der Waals surface area (Å²) in [5, 5.41) is 16.7. The first-order valence-electron chi connectivity index (χ1n) is 6.57. The third-order valence-electron chi connectivity index (χ3n) is 3.22. The van der Waals surface area contributed by atoms with Crippen molar-refractivity contribution in [3.8, 4) is 0 Å². The molecule has 1 aliphatic heterocycles. The molecule has 7 heteroatoms.